The summed E-state index contributed by atoms with van der Waals surface area (Å²) in [6.45, 7) is 5.36. The summed E-state index contributed by atoms with van der Waals surface area (Å²) in [6.07, 6.45) is 6.20. The fourth-order valence-electron chi connectivity index (χ4n) is 4.07. The zero-order valence-electron chi connectivity index (χ0n) is 17.1. The molecule has 0 spiro atoms. The number of aliphatic imine (C=N–C) groups is 1. The van der Waals surface area contributed by atoms with E-state index in [0.29, 0.717) is 12.6 Å². The predicted octanol–water partition coefficient (Wildman–Crippen LogP) is 3.14. The Kier molecular flexibility index (Phi) is 9.14. The summed E-state index contributed by atoms with van der Waals surface area (Å²) >= 11 is 0. The number of methoxy groups -OCH3 is 1. The van der Waals surface area contributed by atoms with Gasteiger partial charge in [0.2, 0.25) is 0 Å². The van der Waals surface area contributed by atoms with Crippen molar-refractivity contribution in [3.05, 3.63) is 24.3 Å². The van der Waals surface area contributed by atoms with Gasteiger partial charge in [-0.15, -0.1) is 24.0 Å². The van der Waals surface area contributed by atoms with Crippen molar-refractivity contribution in [3.63, 3.8) is 0 Å². The molecule has 6 nitrogen and oxygen atoms in total. The minimum absolute atomic E-state index is 0. The summed E-state index contributed by atoms with van der Waals surface area (Å²) in [5, 5.41) is 17.5. The normalized spacial score (nSPS) is 21.8. The third kappa shape index (κ3) is 6.40. The standard InChI is InChI=1S/C21H34N4O2.HI/c1-3-22-20(23-16-21(26)11-4-5-12-21)24-17-8-7-13-25(15-17)18-9-6-10-19(14-18)27-2;/h6,9-10,14,17,26H,3-5,7-8,11-13,15-16H2,1-2H3,(H2,22,23,24);1H. The number of hydrogen-bond donors (Lipinski definition) is 3. The van der Waals surface area contributed by atoms with E-state index in [1.54, 1.807) is 7.11 Å². The summed E-state index contributed by atoms with van der Waals surface area (Å²) in [7, 11) is 1.71. The molecule has 1 unspecified atom stereocenters. The molecule has 2 fully saturated rings. The molecule has 1 heterocycles. The molecule has 0 amide bonds. The molecular weight excluding hydrogens is 467 g/mol. The quantitative estimate of drug-likeness (QED) is 0.317. The van der Waals surface area contributed by atoms with Gasteiger partial charge in [-0.3, -0.25) is 4.99 Å². The van der Waals surface area contributed by atoms with Crippen LogP contribution in [-0.4, -0.2) is 56.0 Å². The van der Waals surface area contributed by atoms with Gasteiger partial charge in [0, 0.05) is 37.4 Å². The number of guanidine groups is 1. The molecule has 3 N–H and O–H groups in total. The summed E-state index contributed by atoms with van der Waals surface area (Å²) in [4.78, 5) is 7.09. The van der Waals surface area contributed by atoms with Crippen molar-refractivity contribution in [1.29, 1.82) is 0 Å². The van der Waals surface area contributed by atoms with Gasteiger partial charge in [0.1, 0.15) is 5.75 Å². The highest BCUT2D eigenvalue weighted by Gasteiger charge is 2.31. The monoisotopic (exact) mass is 502 g/mol. The van der Waals surface area contributed by atoms with Gasteiger partial charge in [-0.1, -0.05) is 18.9 Å². The maximum absolute atomic E-state index is 10.6. The van der Waals surface area contributed by atoms with Crippen molar-refractivity contribution in [3.8, 4) is 5.75 Å². The van der Waals surface area contributed by atoms with Crippen molar-refractivity contribution < 1.29 is 9.84 Å². The lowest BCUT2D eigenvalue weighted by molar-refractivity contribution is 0.0574. The Bertz CT molecular complexity index is 635. The lowest BCUT2D eigenvalue weighted by atomic mass is 10.0. The molecule has 1 aromatic rings. The predicted molar refractivity (Wildman–Crippen MR) is 126 cm³/mol. The average molecular weight is 502 g/mol. The Hall–Kier alpha value is -1.22. The summed E-state index contributed by atoms with van der Waals surface area (Å²) in [5.74, 6) is 1.71. The van der Waals surface area contributed by atoms with Gasteiger partial charge in [-0.25, -0.2) is 0 Å². The smallest absolute Gasteiger partial charge is 0.191 e. The number of aliphatic hydroxyl groups is 1. The van der Waals surface area contributed by atoms with Crippen LogP contribution in [0.1, 0.15) is 45.4 Å². The highest BCUT2D eigenvalue weighted by molar-refractivity contribution is 14.0. The minimum Gasteiger partial charge on any atom is -0.497 e. The van der Waals surface area contributed by atoms with Crippen molar-refractivity contribution >= 4 is 35.6 Å². The first-order chi connectivity index (χ1) is 13.1. The average Bonchev–Trinajstić information content (AvgIpc) is 3.13. The number of halogens is 1. The zero-order chi connectivity index (χ0) is 19.1. The fourth-order valence-corrected chi connectivity index (χ4v) is 4.07. The Balaban J connectivity index is 0.00000280. The number of ether oxygens (including phenoxy) is 1. The molecule has 158 valence electrons. The molecule has 1 atom stereocenters. The largest absolute Gasteiger partial charge is 0.497 e. The maximum Gasteiger partial charge on any atom is 0.191 e. The van der Waals surface area contributed by atoms with Crippen LogP contribution in [0.3, 0.4) is 0 Å². The molecule has 1 aliphatic carbocycles. The SMILES string of the molecule is CCNC(=NCC1(O)CCCC1)NC1CCCN(c2cccc(OC)c2)C1.I. The third-order valence-electron chi connectivity index (χ3n) is 5.59. The van der Waals surface area contributed by atoms with Crippen LogP contribution < -0.4 is 20.3 Å². The van der Waals surface area contributed by atoms with Crippen LogP contribution in [-0.2, 0) is 0 Å². The lowest BCUT2D eigenvalue weighted by Gasteiger charge is -2.35. The number of benzene rings is 1. The van der Waals surface area contributed by atoms with Crippen LogP contribution in [0.5, 0.6) is 5.75 Å². The first kappa shape index (κ1) is 23.1. The molecular formula is C21H35IN4O2. The van der Waals surface area contributed by atoms with Gasteiger partial charge in [0.05, 0.1) is 19.3 Å². The number of rotatable bonds is 6. The van der Waals surface area contributed by atoms with E-state index in [4.69, 9.17) is 9.73 Å². The molecule has 0 aromatic heterocycles. The second-order valence-electron chi connectivity index (χ2n) is 7.76. The molecule has 7 heteroatoms. The van der Waals surface area contributed by atoms with E-state index in [1.807, 2.05) is 12.1 Å². The number of nitrogens with one attached hydrogen (secondary N) is 2. The van der Waals surface area contributed by atoms with E-state index >= 15 is 0 Å². The van der Waals surface area contributed by atoms with Crippen molar-refractivity contribution in [2.24, 2.45) is 4.99 Å². The topological polar surface area (TPSA) is 69.1 Å². The second kappa shape index (κ2) is 11.1. The Morgan fingerprint density at radius 1 is 1.32 bits per heavy atom. The van der Waals surface area contributed by atoms with E-state index in [2.05, 4.69) is 34.6 Å². The molecule has 0 bridgehead atoms. The lowest BCUT2D eigenvalue weighted by Crippen LogP contribution is -2.51. The number of anilines is 1. The van der Waals surface area contributed by atoms with Gasteiger partial charge in [-0.2, -0.15) is 0 Å². The van der Waals surface area contributed by atoms with Crippen molar-refractivity contribution in [2.45, 2.75) is 57.1 Å². The van der Waals surface area contributed by atoms with Gasteiger partial charge in [0.15, 0.2) is 5.96 Å². The Morgan fingerprint density at radius 2 is 2.11 bits per heavy atom. The number of nitrogens with zero attached hydrogens (tertiary/aromatic N) is 2. The van der Waals surface area contributed by atoms with Crippen LogP contribution in [0.25, 0.3) is 0 Å². The highest BCUT2D eigenvalue weighted by Crippen LogP contribution is 2.29. The van der Waals surface area contributed by atoms with Crippen molar-refractivity contribution in [1.82, 2.24) is 10.6 Å². The molecule has 1 saturated carbocycles. The molecule has 1 aliphatic heterocycles. The number of hydrogen-bond acceptors (Lipinski definition) is 4. The van der Waals surface area contributed by atoms with Gasteiger partial charge < -0.3 is 25.4 Å². The van der Waals surface area contributed by atoms with E-state index in [0.717, 1.165) is 69.9 Å². The van der Waals surface area contributed by atoms with E-state index < -0.39 is 5.60 Å². The zero-order valence-corrected chi connectivity index (χ0v) is 19.4. The van der Waals surface area contributed by atoms with Gasteiger partial charge in [0.25, 0.3) is 0 Å². The van der Waals surface area contributed by atoms with Gasteiger partial charge in [-0.05, 0) is 44.7 Å². The molecule has 0 radical (unpaired) electrons. The van der Waals surface area contributed by atoms with Crippen LogP contribution in [0.2, 0.25) is 0 Å². The molecule has 28 heavy (non-hydrogen) atoms. The van der Waals surface area contributed by atoms with Gasteiger partial charge >= 0.3 is 0 Å². The third-order valence-corrected chi connectivity index (χ3v) is 5.59. The van der Waals surface area contributed by atoms with E-state index in [9.17, 15) is 5.11 Å². The highest BCUT2D eigenvalue weighted by atomic mass is 127. The molecule has 3 rings (SSSR count). The van der Waals surface area contributed by atoms with Crippen LogP contribution in [0.15, 0.2) is 29.3 Å². The van der Waals surface area contributed by atoms with E-state index in [1.165, 1.54) is 5.69 Å². The first-order valence-corrected chi connectivity index (χ1v) is 10.3. The number of piperidine rings is 1. The van der Waals surface area contributed by atoms with Crippen LogP contribution in [0, 0.1) is 0 Å². The van der Waals surface area contributed by atoms with Crippen molar-refractivity contribution in [2.75, 3.05) is 38.2 Å². The first-order valence-electron chi connectivity index (χ1n) is 10.3. The summed E-state index contributed by atoms with van der Waals surface area (Å²) in [6, 6.07) is 8.59. The Morgan fingerprint density at radius 3 is 2.82 bits per heavy atom. The second-order valence-corrected chi connectivity index (χ2v) is 7.76. The van der Waals surface area contributed by atoms with Crippen LogP contribution >= 0.6 is 24.0 Å². The minimum atomic E-state index is -0.610. The molecule has 2 aliphatic rings. The van der Waals surface area contributed by atoms with E-state index in [-0.39, 0.29) is 24.0 Å². The molecule has 1 saturated heterocycles. The maximum atomic E-state index is 10.6. The summed E-state index contributed by atoms with van der Waals surface area (Å²) < 4.78 is 5.36. The Labute approximate surface area is 186 Å². The fraction of sp³-hybridized carbons (Fsp3) is 0.667. The van der Waals surface area contributed by atoms with Crippen LogP contribution in [0.4, 0.5) is 5.69 Å². The summed E-state index contributed by atoms with van der Waals surface area (Å²) in [5.41, 5.74) is 0.588. The molecule has 1 aromatic carbocycles.